The Morgan fingerprint density at radius 2 is 1.71 bits per heavy atom. The molecule has 2 atom stereocenters. The number of benzene rings is 1. The molecule has 2 unspecified atom stereocenters. The van der Waals surface area contributed by atoms with Crippen molar-refractivity contribution in [2.24, 2.45) is 11.8 Å². The Morgan fingerprint density at radius 1 is 1.12 bits per heavy atom. The van der Waals surface area contributed by atoms with Gasteiger partial charge >= 0.3 is 0 Å². The second kappa shape index (κ2) is 5.09. The quantitative estimate of drug-likeness (QED) is 0.844. The van der Waals surface area contributed by atoms with Crippen molar-refractivity contribution < 1.29 is 9.84 Å². The first-order chi connectivity index (χ1) is 8.08. The first-order valence-corrected chi connectivity index (χ1v) is 6.52. The van der Waals surface area contributed by atoms with Gasteiger partial charge in [-0.15, -0.1) is 0 Å². The summed E-state index contributed by atoms with van der Waals surface area (Å²) in [7, 11) is 0. The molecule has 0 heterocycles. The van der Waals surface area contributed by atoms with Crippen LogP contribution in [-0.4, -0.2) is 11.2 Å². The standard InChI is InChI=1S/C15H22O2/c1-10(2)17-14-8-6-13(7-9-14)15(16)11(3)12-4-5-12/h6-12,15-16H,4-5H2,1-3H3. The number of ether oxygens (including phenoxy) is 1. The Labute approximate surface area is 104 Å². The molecule has 1 fully saturated rings. The third kappa shape index (κ3) is 3.22. The lowest BCUT2D eigenvalue weighted by molar-refractivity contribution is 0.106. The molecule has 2 nitrogen and oxygen atoms in total. The lowest BCUT2D eigenvalue weighted by Crippen LogP contribution is -2.11. The molecule has 0 spiro atoms. The lowest BCUT2D eigenvalue weighted by Gasteiger charge is -2.19. The van der Waals surface area contributed by atoms with Gasteiger partial charge in [0.1, 0.15) is 5.75 Å². The van der Waals surface area contributed by atoms with Gasteiger partial charge in [-0.05, 0) is 56.2 Å². The Bertz CT molecular complexity index is 352. The van der Waals surface area contributed by atoms with E-state index in [1.165, 1.54) is 12.8 Å². The van der Waals surface area contributed by atoms with Gasteiger partial charge in [0.25, 0.3) is 0 Å². The van der Waals surface area contributed by atoms with E-state index >= 15 is 0 Å². The maximum absolute atomic E-state index is 10.2. The van der Waals surface area contributed by atoms with E-state index in [0.717, 1.165) is 17.2 Å². The van der Waals surface area contributed by atoms with Crippen LogP contribution in [0.15, 0.2) is 24.3 Å². The van der Waals surface area contributed by atoms with E-state index in [4.69, 9.17) is 4.74 Å². The average molecular weight is 234 g/mol. The van der Waals surface area contributed by atoms with Gasteiger partial charge in [-0.2, -0.15) is 0 Å². The summed E-state index contributed by atoms with van der Waals surface area (Å²) in [6.07, 6.45) is 2.39. The van der Waals surface area contributed by atoms with Crippen molar-refractivity contribution in [1.82, 2.24) is 0 Å². The van der Waals surface area contributed by atoms with Crippen molar-refractivity contribution in [1.29, 1.82) is 0 Å². The second-order valence-corrected chi connectivity index (χ2v) is 5.38. The Balaban J connectivity index is 2.01. The highest BCUT2D eigenvalue weighted by atomic mass is 16.5. The molecular formula is C15H22O2. The number of aliphatic hydroxyl groups is 1. The van der Waals surface area contributed by atoms with E-state index in [0.29, 0.717) is 5.92 Å². The van der Waals surface area contributed by atoms with Crippen LogP contribution in [0, 0.1) is 11.8 Å². The van der Waals surface area contributed by atoms with E-state index < -0.39 is 0 Å². The second-order valence-electron chi connectivity index (χ2n) is 5.38. The fourth-order valence-corrected chi connectivity index (χ4v) is 2.20. The highest BCUT2D eigenvalue weighted by Crippen LogP contribution is 2.42. The van der Waals surface area contributed by atoms with Crippen LogP contribution in [0.2, 0.25) is 0 Å². The molecule has 0 saturated heterocycles. The molecular weight excluding hydrogens is 212 g/mol. The van der Waals surface area contributed by atoms with Gasteiger partial charge in [0, 0.05) is 0 Å². The van der Waals surface area contributed by atoms with E-state index in [9.17, 15) is 5.11 Å². The van der Waals surface area contributed by atoms with Gasteiger partial charge in [-0.1, -0.05) is 19.1 Å². The topological polar surface area (TPSA) is 29.5 Å². The minimum Gasteiger partial charge on any atom is -0.491 e. The van der Waals surface area contributed by atoms with Gasteiger partial charge in [-0.25, -0.2) is 0 Å². The molecule has 2 rings (SSSR count). The van der Waals surface area contributed by atoms with Crippen LogP contribution in [0.3, 0.4) is 0 Å². The van der Waals surface area contributed by atoms with Crippen LogP contribution in [0.4, 0.5) is 0 Å². The Hall–Kier alpha value is -1.02. The van der Waals surface area contributed by atoms with Crippen molar-refractivity contribution in [2.45, 2.75) is 45.8 Å². The summed E-state index contributed by atoms with van der Waals surface area (Å²) >= 11 is 0. The summed E-state index contributed by atoms with van der Waals surface area (Å²) in [4.78, 5) is 0. The molecule has 1 aromatic carbocycles. The van der Waals surface area contributed by atoms with Crippen molar-refractivity contribution in [3.8, 4) is 5.75 Å². The summed E-state index contributed by atoms with van der Waals surface area (Å²) in [5, 5.41) is 10.2. The molecule has 0 radical (unpaired) electrons. The Morgan fingerprint density at radius 3 is 2.18 bits per heavy atom. The van der Waals surface area contributed by atoms with E-state index in [1.54, 1.807) is 0 Å². The molecule has 0 amide bonds. The summed E-state index contributed by atoms with van der Waals surface area (Å²) in [5.41, 5.74) is 1.00. The lowest BCUT2D eigenvalue weighted by atomic mass is 9.93. The minimum atomic E-state index is -0.337. The smallest absolute Gasteiger partial charge is 0.119 e. The largest absolute Gasteiger partial charge is 0.491 e. The fourth-order valence-electron chi connectivity index (χ4n) is 2.20. The summed E-state index contributed by atoms with van der Waals surface area (Å²) in [6, 6.07) is 7.83. The molecule has 0 aliphatic heterocycles. The molecule has 1 aromatic rings. The monoisotopic (exact) mass is 234 g/mol. The predicted molar refractivity (Wildman–Crippen MR) is 69.1 cm³/mol. The third-order valence-corrected chi connectivity index (χ3v) is 3.46. The molecule has 17 heavy (non-hydrogen) atoms. The number of hydrogen-bond acceptors (Lipinski definition) is 2. The first-order valence-electron chi connectivity index (χ1n) is 6.52. The van der Waals surface area contributed by atoms with Crippen LogP contribution >= 0.6 is 0 Å². The van der Waals surface area contributed by atoms with Crippen LogP contribution < -0.4 is 4.74 Å². The van der Waals surface area contributed by atoms with E-state index in [1.807, 2.05) is 38.1 Å². The Kier molecular flexibility index (Phi) is 3.72. The van der Waals surface area contributed by atoms with Gasteiger partial charge in [0.05, 0.1) is 12.2 Å². The molecule has 1 saturated carbocycles. The van der Waals surface area contributed by atoms with Crippen molar-refractivity contribution >= 4 is 0 Å². The molecule has 1 N–H and O–H groups in total. The van der Waals surface area contributed by atoms with E-state index in [-0.39, 0.29) is 12.2 Å². The van der Waals surface area contributed by atoms with Crippen molar-refractivity contribution in [3.05, 3.63) is 29.8 Å². The molecule has 1 aliphatic rings. The van der Waals surface area contributed by atoms with Gasteiger partial charge in [0.15, 0.2) is 0 Å². The minimum absolute atomic E-state index is 0.191. The van der Waals surface area contributed by atoms with Gasteiger partial charge in [-0.3, -0.25) is 0 Å². The van der Waals surface area contributed by atoms with Crippen LogP contribution in [0.5, 0.6) is 5.75 Å². The normalized spacial score (nSPS) is 19.1. The highest BCUT2D eigenvalue weighted by Gasteiger charge is 2.32. The molecule has 2 heteroatoms. The number of aliphatic hydroxyl groups excluding tert-OH is 1. The summed E-state index contributed by atoms with van der Waals surface area (Å²) in [6.45, 7) is 6.16. The van der Waals surface area contributed by atoms with Gasteiger partial charge in [0.2, 0.25) is 0 Å². The first kappa shape index (κ1) is 12.4. The maximum atomic E-state index is 10.2. The fraction of sp³-hybridized carbons (Fsp3) is 0.600. The zero-order chi connectivity index (χ0) is 12.4. The predicted octanol–water partition coefficient (Wildman–Crippen LogP) is 3.55. The molecule has 0 bridgehead atoms. The van der Waals surface area contributed by atoms with E-state index in [2.05, 4.69) is 6.92 Å². The number of rotatable bonds is 5. The van der Waals surface area contributed by atoms with Crippen LogP contribution in [0.25, 0.3) is 0 Å². The molecule has 0 aromatic heterocycles. The third-order valence-electron chi connectivity index (χ3n) is 3.46. The summed E-state index contributed by atoms with van der Waals surface area (Å²) < 4.78 is 5.59. The van der Waals surface area contributed by atoms with Crippen LogP contribution in [-0.2, 0) is 0 Å². The molecule has 1 aliphatic carbocycles. The molecule has 94 valence electrons. The zero-order valence-electron chi connectivity index (χ0n) is 10.9. The SMILES string of the molecule is CC(C)Oc1ccc(C(O)C(C)C2CC2)cc1. The number of hydrogen-bond donors (Lipinski definition) is 1. The van der Waals surface area contributed by atoms with Crippen molar-refractivity contribution in [3.63, 3.8) is 0 Å². The maximum Gasteiger partial charge on any atom is 0.119 e. The average Bonchev–Trinajstić information content (AvgIpc) is 3.11. The highest BCUT2D eigenvalue weighted by molar-refractivity contribution is 5.29. The zero-order valence-corrected chi connectivity index (χ0v) is 10.9. The van der Waals surface area contributed by atoms with Crippen LogP contribution in [0.1, 0.15) is 45.3 Å². The van der Waals surface area contributed by atoms with Gasteiger partial charge < -0.3 is 9.84 Å². The summed E-state index contributed by atoms with van der Waals surface area (Å²) in [5.74, 6) is 1.96. The van der Waals surface area contributed by atoms with Crippen molar-refractivity contribution in [2.75, 3.05) is 0 Å².